The molecule has 1 unspecified atom stereocenters. The first-order chi connectivity index (χ1) is 14.7. The largest absolute Gasteiger partial charge is 0.480 e. The van der Waals surface area contributed by atoms with Gasteiger partial charge in [0.05, 0.1) is 4.90 Å². The van der Waals surface area contributed by atoms with Crippen LogP contribution in [0.15, 0.2) is 47.4 Å². The number of carboxylic acid groups (broad SMARTS) is 1. The van der Waals surface area contributed by atoms with Crippen molar-refractivity contribution in [3.8, 4) is 0 Å². The Balaban J connectivity index is 1.75. The van der Waals surface area contributed by atoms with Crippen molar-refractivity contribution in [3.63, 3.8) is 0 Å². The van der Waals surface area contributed by atoms with Crippen LogP contribution in [0.25, 0.3) is 10.9 Å². The van der Waals surface area contributed by atoms with E-state index in [1.54, 1.807) is 34.9 Å². The van der Waals surface area contributed by atoms with Gasteiger partial charge in [-0.1, -0.05) is 17.7 Å². The number of aromatic nitrogens is 1. The van der Waals surface area contributed by atoms with E-state index < -0.39 is 21.8 Å². The molecule has 0 spiro atoms. The fourth-order valence-electron chi connectivity index (χ4n) is 4.59. The molecule has 1 atom stereocenters. The molecular weight excluding hydrogens is 419 g/mol. The molecule has 1 aromatic heterocycles. The minimum Gasteiger partial charge on any atom is -0.480 e. The van der Waals surface area contributed by atoms with E-state index in [0.717, 1.165) is 23.2 Å². The molecule has 0 radical (unpaired) electrons. The van der Waals surface area contributed by atoms with Crippen molar-refractivity contribution in [2.45, 2.75) is 44.0 Å². The Morgan fingerprint density at radius 3 is 2.55 bits per heavy atom. The number of hydrogen-bond donors (Lipinski definition) is 1. The molecule has 6 nitrogen and oxygen atoms in total. The Labute approximate surface area is 181 Å². The lowest BCUT2D eigenvalue weighted by Gasteiger charge is -2.32. The minimum absolute atomic E-state index is 0.145. The van der Waals surface area contributed by atoms with E-state index in [0.29, 0.717) is 23.9 Å². The first-order valence-electron chi connectivity index (χ1n) is 10.3. The highest BCUT2D eigenvalue weighted by atomic mass is 32.2. The number of benzene rings is 2. The molecule has 0 bridgehead atoms. The normalized spacial score (nSPS) is 17.8. The van der Waals surface area contributed by atoms with Crippen molar-refractivity contribution >= 4 is 26.9 Å². The van der Waals surface area contributed by atoms with Crippen LogP contribution in [0.2, 0.25) is 0 Å². The summed E-state index contributed by atoms with van der Waals surface area (Å²) >= 11 is 0. The van der Waals surface area contributed by atoms with Crippen LogP contribution >= 0.6 is 0 Å². The molecule has 2 aromatic carbocycles. The van der Waals surface area contributed by atoms with Crippen molar-refractivity contribution in [2.24, 2.45) is 0 Å². The average molecular weight is 445 g/mol. The third-order valence-corrected chi connectivity index (χ3v) is 7.96. The van der Waals surface area contributed by atoms with Crippen LogP contribution in [0.4, 0.5) is 4.39 Å². The van der Waals surface area contributed by atoms with Gasteiger partial charge < -0.3 is 9.67 Å². The van der Waals surface area contributed by atoms with Gasteiger partial charge in [0.1, 0.15) is 12.4 Å². The van der Waals surface area contributed by atoms with Crippen LogP contribution in [0.3, 0.4) is 0 Å². The van der Waals surface area contributed by atoms with Crippen LogP contribution in [0.1, 0.15) is 35.6 Å². The van der Waals surface area contributed by atoms with E-state index in [2.05, 4.69) is 0 Å². The predicted octanol–water partition coefficient (Wildman–Crippen LogP) is 4.05. The molecular formula is C23H25FN2O4S. The maximum absolute atomic E-state index is 14.1. The number of fused-ring (bicyclic) bond motifs is 1. The summed E-state index contributed by atoms with van der Waals surface area (Å²) in [5, 5.41) is 9.99. The monoisotopic (exact) mass is 444 g/mol. The van der Waals surface area contributed by atoms with E-state index >= 15 is 0 Å². The molecule has 4 rings (SSSR count). The molecule has 2 heterocycles. The third kappa shape index (κ3) is 3.97. The Bertz CT molecular complexity index is 1250. The Kier molecular flexibility index (Phi) is 5.61. The molecule has 1 aliphatic heterocycles. The number of aryl methyl sites for hydroxylation is 1. The smallest absolute Gasteiger partial charge is 0.323 e. The lowest BCUT2D eigenvalue weighted by atomic mass is 9.89. The number of carboxylic acids is 1. The minimum atomic E-state index is -3.65. The van der Waals surface area contributed by atoms with Gasteiger partial charge in [-0.2, -0.15) is 4.31 Å². The number of aliphatic carboxylic acids is 1. The standard InChI is InChI=1S/C23H25FN2O4S/c1-15-5-8-19(9-6-15)31(29,30)25-11-3-4-17(13-25)23-16(2)26(14-22(27)28)21-10-7-18(24)12-20(21)23/h5-10,12,17H,3-4,11,13-14H2,1-2H3,(H,27,28). The first kappa shape index (κ1) is 21.5. The lowest BCUT2D eigenvalue weighted by molar-refractivity contribution is -0.137. The number of piperidine rings is 1. The summed E-state index contributed by atoms with van der Waals surface area (Å²) in [5.41, 5.74) is 3.20. The number of hydrogen-bond acceptors (Lipinski definition) is 3. The van der Waals surface area contributed by atoms with E-state index in [4.69, 9.17) is 0 Å². The molecule has 3 aromatic rings. The summed E-state index contributed by atoms with van der Waals surface area (Å²) in [6.07, 6.45) is 1.43. The van der Waals surface area contributed by atoms with Gasteiger partial charge in [0.25, 0.3) is 0 Å². The van der Waals surface area contributed by atoms with Crippen LogP contribution in [-0.2, 0) is 21.4 Å². The second kappa shape index (κ2) is 8.09. The molecule has 1 fully saturated rings. The molecule has 1 N–H and O–H groups in total. The first-order valence-corrected chi connectivity index (χ1v) is 11.7. The van der Waals surface area contributed by atoms with Gasteiger partial charge in [-0.25, -0.2) is 12.8 Å². The van der Waals surface area contributed by atoms with Crippen molar-refractivity contribution in [2.75, 3.05) is 13.1 Å². The van der Waals surface area contributed by atoms with Crippen LogP contribution in [-0.4, -0.2) is 41.5 Å². The zero-order chi connectivity index (χ0) is 22.3. The maximum Gasteiger partial charge on any atom is 0.323 e. The zero-order valence-electron chi connectivity index (χ0n) is 17.5. The number of sulfonamides is 1. The lowest BCUT2D eigenvalue weighted by Crippen LogP contribution is -2.39. The highest BCUT2D eigenvalue weighted by Crippen LogP contribution is 2.38. The van der Waals surface area contributed by atoms with Gasteiger partial charge in [0.2, 0.25) is 10.0 Å². The van der Waals surface area contributed by atoms with Gasteiger partial charge in [-0.15, -0.1) is 0 Å². The summed E-state index contributed by atoms with van der Waals surface area (Å²) < 4.78 is 43.7. The summed E-state index contributed by atoms with van der Waals surface area (Å²) in [4.78, 5) is 11.7. The molecule has 0 aliphatic carbocycles. The van der Waals surface area contributed by atoms with E-state index in [1.807, 2.05) is 13.8 Å². The molecule has 0 saturated carbocycles. The van der Waals surface area contributed by atoms with Crippen molar-refractivity contribution in [1.29, 1.82) is 0 Å². The summed E-state index contributed by atoms with van der Waals surface area (Å²) in [6.45, 7) is 4.20. The van der Waals surface area contributed by atoms with E-state index in [-0.39, 0.29) is 23.9 Å². The zero-order valence-corrected chi connectivity index (χ0v) is 18.3. The second-order valence-electron chi connectivity index (χ2n) is 8.16. The Hall–Kier alpha value is -2.71. The second-order valence-corrected chi connectivity index (χ2v) is 10.1. The molecule has 164 valence electrons. The van der Waals surface area contributed by atoms with Gasteiger partial charge in [-0.3, -0.25) is 4.79 Å². The summed E-state index contributed by atoms with van der Waals surface area (Å²) in [7, 11) is -3.65. The van der Waals surface area contributed by atoms with Crippen molar-refractivity contribution in [3.05, 3.63) is 65.1 Å². The fraction of sp³-hybridized carbons (Fsp3) is 0.348. The van der Waals surface area contributed by atoms with Gasteiger partial charge in [-0.05, 0) is 62.6 Å². The number of nitrogens with zero attached hydrogens (tertiary/aromatic N) is 2. The van der Waals surface area contributed by atoms with Gasteiger partial charge in [0.15, 0.2) is 0 Å². The highest BCUT2D eigenvalue weighted by Gasteiger charge is 2.33. The maximum atomic E-state index is 14.1. The average Bonchev–Trinajstić information content (AvgIpc) is 2.98. The van der Waals surface area contributed by atoms with Crippen LogP contribution in [0.5, 0.6) is 0 Å². The topological polar surface area (TPSA) is 79.6 Å². The summed E-state index contributed by atoms with van der Waals surface area (Å²) in [5.74, 6) is -1.53. The Morgan fingerprint density at radius 1 is 1.16 bits per heavy atom. The number of rotatable bonds is 5. The van der Waals surface area contributed by atoms with E-state index in [1.165, 1.54) is 16.4 Å². The van der Waals surface area contributed by atoms with E-state index in [9.17, 15) is 22.7 Å². The highest BCUT2D eigenvalue weighted by molar-refractivity contribution is 7.89. The molecule has 0 amide bonds. The van der Waals surface area contributed by atoms with Crippen molar-refractivity contribution in [1.82, 2.24) is 8.87 Å². The molecule has 31 heavy (non-hydrogen) atoms. The predicted molar refractivity (Wildman–Crippen MR) is 116 cm³/mol. The van der Waals surface area contributed by atoms with Crippen molar-refractivity contribution < 1.29 is 22.7 Å². The molecule has 1 saturated heterocycles. The van der Waals surface area contributed by atoms with Gasteiger partial charge in [0, 0.05) is 35.6 Å². The van der Waals surface area contributed by atoms with Gasteiger partial charge >= 0.3 is 5.97 Å². The van der Waals surface area contributed by atoms with Crippen LogP contribution in [0, 0.1) is 19.7 Å². The number of halogens is 1. The molecule has 1 aliphatic rings. The third-order valence-electron chi connectivity index (χ3n) is 6.08. The van der Waals surface area contributed by atoms with Crippen LogP contribution < -0.4 is 0 Å². The quantitative estimate of drug-likeness (QED) is 0.644. The fourth-order valence-corrected chi connectivity index (χ4v) is 6.11. The Morgan fingerprint density at radius 2 is 1.87 bits per heavy atom. The number of carbonyl (C=O) groups is 1. The molecule has 8 heteroatoms. The summed E-state index contributed by atoms with van der Waals surface area (Å²) in [6, 6.07) is 11.1. The SMILES string of the molecule is Cc1ccc(S(=O)(=O)N2CCCC(c3c(C)n(CC(=O)O)c4ccc(F)cc34)C2)cc1.